The van der Waals surface area contributed by atoms with Gasteiger partial charge in [0.2, 0.25) is 0 Å². The topological polar surface area (TPSA) is 54.0 Å². The molecule has 6 heteroatoms. The van der Waals surface area contributed by atoms with Gasteiger partial charge in [0, 0.05) is 25.7 Å². The number of ether oxygens (including phenoxy) is 2. The molecule has 0 spiro atoms. The molecule has 1 aliphatic heterocycles. The molecule has 1 amide bonds. The molecule has 1 saturated heterocycles. The summed E-state index contributed by atoms with van der Waals surface area (Å²) >= 11 is 0. The first kappa shape index (κ1) is 22.1. The highest BCUT2D eigenvalue weighted by molar-refractivity contribution is 5.67. The Balaban J connectivity index is 1.28. The summed E-state index contributed by atoms with van der Waals surface area (Å²) in [5, 5.41) is 2.79. The molecule has 1 aliphatic rings. The summed E-state index contributed by atoms with van der Waals surface area (Å²) in [6.45, 7) is 4.75. The molecular formula is C24H33N3O3. The van der Waals surface area contributed by atoms with E-state index in [1.807, 2.05) is 54.6 Å². The number of hydrogen-bond acceptors (Lipinski definition) is 5. The lowest BCUT2D eigenvalue weighted by molar-refractivity contribution is 0.140. The molecule has 0 saturated carbocycles. The van der Waals surface area contributed by atoms with Crippen LogP contribution in [0.1, 0.15) is 17.5 Å². The Morgan fingerprint density at radius 3 is 2.57 bits per heavy atom. The van der Waals surface area contributed by atoms with Crippen molar-refractivity contribution in [2.24, 2.45) is 0 Å². The minimum Gasteiger partial charge on any atom is -0.492 e. The summed E-state index contributed by atoms with van der Waals surface area (Å²) in [5.74, 6) is 0.886. The fourth-order valence-electron chi connectivity index (χ4n) is 3.56. The fourth-order valence-corrected chi connectivity index (χ4v) is 3.56. The number of likely N-dealkylation sites (tertiary alicyclic amines) is 1. The lowest BCUT2D eigenvalue weighted by Gasteiger charge is -2.20. The van der Waals surface area contributed by atoms with Gasteiger partial charge in [-0.05, 0) is 56.7 Å². The summed E-state index contributed by atoms with van der Waals surface area (Å²) in [4.78, 5) is 16.5. The molecule has 0 radical (unpaired) electrons. The second-order valence-corrected chi connectivity index (χ2v) is 7.94. The maximum absolute atomic E-state index is 11.8. The van der Waals surface area contributed by atoms with Crippen molar-refractivity contribution in [2.75, 3.05) is 46.9 Å². The first-order valence-corrected chi connectivity index (χ1v) is 10.7. The van der Waals surface area contributed by atoms with E-state index in [1.54, 1.807) is 0 Å². The average molecular weight is 412 g/mol. The zero-order valence-corrected chi connectivity index (χ0v) is 18.0. The maximum Gasteiger partial charge on any atom is 0.407 e. The number of nitrogens with zero attached hydrogens (tertiary/aromatic N) is 2. The van der Waals surface area contributed by atoms with Crippen molar-refractivity contribution in [3.8, 4) is 5.75 Å². The molecular weight excluding hydrogens is 378 g/mol. The van der Waals surface area contributed by atoms with Gasteiger partial charge in [-0.1, -0.05) is 42.5 Å². The van der Waals surface area contributed by atoms with E-state index in [9.17, 15) is 4.79 Å². The smallest absolute Gasteiger partial charge is 0.407 e. The fraction of sp³-hybridized carbons (Fsp3) is 0.458. The lowest BCUT2D eigenvalue weighted by atomic mass is 10.1. The third-order valence-corrected chi connectivity index (χ3v) is 5.47. The van der Waals surface area contributed by atoms with Crippen LogP contribution in [0.5, 0.6) is 5.75 Å². The van der Waals surface area contributed by atoms with E-state index < -0.39 is 6.09 Å². The number of nitrogens with one attached hydrogen (secondary N) is 1. The van der Waals surface area contributed by atoms with Gasteiger partial charge in [-0.2, -0.15) is 0 Å². The number of carbonyl (C=O) groups excluding carboxylic acids is 1. The Kier molecular flexibility index (Phi) is 8.53. The molecule has 0 unspecified atom stereocenters. The number of likely N-dealkylation sites (N-methyl/N-ethyl adjacent to an activating group) is 1. The van der Waals surface area contributed by atoms with Crippen molar-refractivity contribution in [1.29, 1.82) is 0 Å². The van der Waals surface area contributed by atoms with Crippen LogP contribution in [0, 0.1) is 0 Å². The minimum atomic E-state index is -0.391. The van der Waals surface area contributed by atoms with Crippen molar-refractivity contribution in [3.05, 3.63) is 65.7 Å². The van der Waals surface area contributed by atoms with Crippen molar-refractivity contribution in [1.82, 2.24) is 15.1 Å². The van der Waals surface area contributed by atoms with Crippen LogP contribution >= 0.6 is 0 Å². The molecule has 6 nitrogen and oxygen atoms in total. The van der Waals surface area contributed by atoms with Crippen LogP contribution in [-0.2, 0) is 17.8 Å². The number of benzene rings is 2. The van der Waals surface area contributed by atoms with Crippen LogP contribution in [0.25, 0.3) is 0 Å². The number of alkyl carbamates (subject to hydrolysis) is 1. The van der Waals surface area contributed by atoms with Crippen molar-refractivity contribution >= 4 is 6.09 Å². The van der Waals surface area contributed by atoms with E-state index in [1.165, 1.54) is 6.42 Å². The van der Waals surface area contributed by atoms with Gasteiger partial charge in [-0.15, -0.1) is 0 Å². The molecule has 1 heterocycles. The van der Waals surface area contributed by atoms with Gasteiger partial charge in [0.15, 0.2) is 0 Å². The third-order valence-electron chi connectivity index (χ3n) is 5.47. The zero-order chi connectivity index (χ0) is 21.2. The highest BCUT2D eigenvalue weighted by atomic mass is 16.5. The van der Waals surface area contributed by atoms with E-state index in [0.717, 1.165) is 42.9 Å². The summed E-state index contributed by atoms with van der Waals surface area (Å²) in [5.41, 5.74) is 2.13. The largest absolute Gasteiger partial charge is 0.492 e. The van der Waals surface area contributed by atoms with Crippen molar-refractivity contribution in [3.63, 3.8) is 0 Å². The number of rotatable bonds is 10. The van der Waals surface area contributed by atoms with Crippen LogP contribution in [0.3, 0.4) is 0 Å². The number of carbonyl (C=O) groups is 1. The number of hydrogen-bond donors (Lipinski definition) is 1. The van der Waals surface area contributed by atoms with Gasteiger partial charge >= 0.3 is 6.09 Å². The minimum absolute atomic E-state index is 0.284. The van der Waals surface area contributed by atoms with Crippen LogP contribution in [0.15, 0.2) is 54.6 Å². The molecule has 162 valence electrons. The monoisotopic (exact) mass is 411 g/mol. The van der Waals surface area contributed by atoms with Gasteiger partial charge in [0.05, 0.1) is 0 Å². The predicted molar refractivity (Wildman–Crippen MR) is 119 cm³/mol. The first-order chi connectivity index (χ1) is 14.6. The second kappa shape index (κ2) is 11.6. The normalized spacial score (nSPS) is 16.6. The third kappa shape index (κ3) is 7.35. The van der Waals surface area contributed by atoms with Gasteiger partial charge in [-0.25, -0.2) is 4.79 Å². The second-order valence-electron chi connectivity index (χ2n) is 7.94. The maximum atomic E-state index is 11.8. The molecule has 0 aliphatic carbocycles. The number of amides is 1. The van der Waals surface area contributed by atoms with E-state index in [2.05, 4.69) is 29.2 Å². The molecule has 30 heavy (non-hydrogen) atoms. The van der Waals surface area contributed by atoms with E-state index in [4.69, 9.17) is 9.47 Å². The summed E-state index contributed by atoms with van der Waals surface area (Å²) in [6.07, 6.45) is 1.59. The van der Waals surface area contributed by atoms with E-state index in [0.29, 0.717) is 19.2 Å². The van der Waals surface area contributed by atoms with Gasteiger partial charge < -0.3 is 19.7 Å². The molecule has 1 N–H and O–H groups in total. The predicted octanol–water partition coefficient (Wildman–Crippen LogP) is 3.17. The Morgan fingerprint density at radius 2 is 1.87 bits per heavy atom. The zero-order valence-electron chi connectivity index (χ0n) is 18.0. The first-order valence-electron chi connectivity index (χ1n) is 10.7. The molecule has 0 bridgehead atoms. The van der Waals surface area contributed by atoms with Crippen LogP contribution in [0.4, 0.5) is 4.79 Å². The summed E-state index contributed by atoms with van der Waals surface area (Å²) in [6, 6.07) is 18.4. The lowest BCUT2D eigenvalue weighted by Crippen LogP contribution is -2.33. The SMILES string of the molecule is CN(C)[C@H]1CCN(CCOc2ccc(CCNC(=O)OCc3ccccc3)cc2)C1. The van der Waals surface area contributed by atoms with Gasteiger partial charge in [0.25, 0.3) is 0 Å². The molecule has 1 fully saturated rings. The molecule has 0 aromatic heterocycles. The van der Waals surface area contributed by atoms with E-state index in [-0.39, 0.29) is 6.61 Å². The Hall–Kier alpha value is -2.57. The summed E-state index contributed by atoms with van der Waals surface area (Å²) in [7, 11) is 4.30. The quantitative estimate of drug-likeness (QED) is 0.651. The molecule has 2 aromatic carbocycles. The highest BCUT2D eigenvalue weighted by Crippen LogP contribution is 2.15. The van der Waals surface area contributed by atoms with Crippen molar-refractivity contribution < 1.29 is 14.3 Å². The Labute approximate surface area is 179 Å². The van der Waals surface area contributed by atoms with E-state index >= 15 is 0 Å². The Bertz CT molecular complexity index is 765. The standard InChI is InChI=1S/C24H33N3O3/c1-26(2)22-13-15-27(18-22)16-17-29-23-10-8-20(9-11-23)12-14-25-24(28)30-19-21-6-4-3-5-7-21/h3-11,22H,12-19H2,1-2H3,(H,25,28)/t22-/m0/s1. The van der Waals surface area contributed by atoms with Crippen LogP contribution < -0.4 is 10.1 Å². The molecule has 1 atom stereocenters. The van der Waals surface area contributed by atoms with Gasteiger partial charge in [-0.3, -0.25) is 4.90 Å². The average Bonchev–Trinajstić information content (AvgIpc) is 3.23. The highest BCUT2D eigenvalue weighted by Gasteiger charge is 2.23. The summed E-state index contributed by atoms with van der Waals surface area (Å²) < 4.78 is 11.1. The van der Waals surface area contributed by atoms with Crippen molar-refractivity contribution in [2.45, 2.75) is 25.5 Å². The Morgan fingerprint density at radius 1 is 1.10 bits per heavy atom. The van der Waals surface area contributed by atoms with Crippen LogP contribution in [0.2, 0.25) is 0 Å². The molecule has 3 rings (SSSR count). The van der Waals surface area contributed by atoms with Gasteiger partial charge in [0.1, 0.15) is 19.0 Å². The van der Waals surface area contributed by atoms with Crippen LogP contribution in [-0.4, -0.2) is 68.8 Å². The molecule has 2 aromatic rings.